The third-order valence-electron chi connectivity index (χ3n) is 5.28. The second-order valence-electron chi connectivity index (χ2n) is 7.59. The average molecular weight is 362 g/mol. The van der Waals surface area contributed by atoms with Gasteiger partial charge in [0.1, 0.15) is 5.71 Å². The summed E-state index contributed by atoms with van der Waals surface area (Å²) >= 11 is 0. The van der Waals surface area contributed by atoms with Crippen LogP contribution in [-0.2, 0) is 11.9 Å². The van der Waals surface area contributed by atoms with Gasteiger partial charge >= 0.3 is 0 Å². The molecule has 0 spiro atoms. The van der Waals surface area contributed by atoms with Gasteiger partial charge in [-0.05, 0) is 67.8 Å². The lowest BCUT2D eigenvalue weighted by atomic mass is 10.0. The van der Waals surface area contributed by atoms with Crippen molar-refractivity contribution in [3.8, 4) is 0 Å². The molecular weight excluding hydrogens is 336 g/mol. The zero-order valence-corrected chi connectivity index (χ0v) is 17.1. The normalized spacial score (nSPS) is 15.7. The number of hydrogen-bond acceptors (Lipinski definition) is 4. The minimum atomic E-state index is 0.794. The number of nitrogens with zero attached hydrogens (tertiary/aromatic N) is 4. The lowest BCUT2D eigenvalue weighted by Crippen LogP contribution is -2.10. The molecule has 0 atom stereocenters. The number of anilines is 1. The van der Waals surface area contributed by atoms with E-state index in [4.69, 9.17) is 4.84 Å². The van der Waals surface area contributed by atoms with Crippen LogP contribution in [0.1, 0.15) is 23.6 Å². The summed E-state index contributed by atoms with van der Waals surface area (Å²) in [6, 6.07) is 9.05. The van der Waals surface area contributed by atoms with Gasteiger partial charge in [0.2, 0.25) is 0 Å². The summed E-state index contributed by atoms with van der Waals surface area (Å²) in [6.45, 7) is 6.31. The minimum Gasteiger partial charge on any atom is -0.377 e. The summed E-state index contributed by atoms with van der Waals surface area (Å²) < 4.78 is 2.30. The van der Waals surface area contributed by atoms with Gasteiger partial charge in [0.25, 0.3) is 0 Å². The Labute approximate surface area is 160 Å². The summed E-state index contributed by atoms with van der Waals surface area (Å²) in [7, 11) is 8.13. The van der Waals surface area contributed by atoms with E-state index in [2.05, 4.69) is 79.9 Å². The molecule has 0 fully saturated rings. The molecule has 4 rings (SSSR count). The molecule has 2 aromatic carbocycles. The van der Waals surface area contributed by atoms with Crippen LogP contribution in [0.4, 0.5) is 5.69 Å². The highest BCUT2D eigenvalue weighted by Crippen LogP contribution is 2.35. The molecule has 27 heavy (non-hydrogen) atoms. The van der Waals surface area contributed by atoms with E-state index >= 15 is 0 Å². The summed E-state index contributed by atoms with van der Waals surface area (Å²) in [5, 5.41) is 8.35. The number of fused-ring (bicyclic) bond motifs is 3. The third-order valence-corrected chi connectivity index (χ3v) is 5.28. The molecule has 1 aliphatic rings. The second-order valence-corrected chi connectivity index (χ2v) is 7.59. The van der Waals surface area contributed by atoms with Crippen molar-refractivity contribution in [2.24, 2.45) is 12.1 Å². The van der Waals surface area contributed by atoms with E-state index in [1.807, 2.05) is 6.92 Å². The van der Waals surface area contributed by atoms with E-state index in [1.165, 1.54) is 43.8 Å². The van der Waals surface area contributed by atoms with E-state index in [0.717, 1.165) is 17.0 Å². The van der Waals surface area contributed by atoms with Crippen LogP contribution >= 0.6 is 0 Å². The van der Waals surface area contributed by atoms with Crippen molar-refractivity contribution in [1.82, 2.24) is 9.74 Å². The number of aryl methyl sites for hydroxylation is 3. The molecular formula is C22H26N4O. The Morgan fingerprint density at radius 3 is 2.33 bits per heavy atom. The number of benzene rings is 2. The molecule has 1 aromatic heterocycles. The van der Waals surface area contributed by atoms with E-state index in [-0.39, 0.29) is 0 Å². The first kappa shape index (κ1) is 17.5. The highest BCUT2D eigenvalue weighted by atomic mass is 16.7. The zero-order chi connectivity index (χ0) is 19.5. The van der Waals surface area contributed by atoms with Gasteiger partial charge in [0, 0.05) is 37.6 Å². The molecule has 3 aromatic rings. The van der Waals surface area contributed by atoms with Crippen LogP contribution < -0.4 is 4.90 Å². The number of allylic oxidation sites excluding steroid dienone is 1. The number of hydrogen-bond donors (Lipinski definition) is 0. The molecule has 0 radical (unpaired) electrons. The van der Waals surface area contributed by atoms with Crippen molar-refractivity contribution in [3.63, 3.8) is 0 Å². The second kappa shape index (κ2) is 6.05. The van der Waals surface area contributed by atoms with Gasteiger partial charge in [-0.3, -0.25) is 0 Å². The zero-order valence-electron chi connectivity index (χ0n) is 17.1. The number of aromatic nitrogens is 1. The first-order valence-corrected chi connectivity index (χ1v) is 9.16. The first-order chi connectivity index (χ1) is 12.8. The maximum Gasteiger partial charge on any atom is 0.180 e. The molecule has 0 unspecified atom stereocenters. The molecule has 0 N–H and O–H groups in total. The van der Waals surface area contributed by atoms with Gasteiger partial charge in [-0.15, -0.1) is 10.3 Å². The number of hydroxylamine groups is 1. The summed E-state index contributed by atoms with van der Waals surface area (Å²) in [5.74, 6) is 0.794. The molecule has 2 heterocycles. The molecule has 5 heteroatoms. The van der Waals surface area contributed by atoms with E-state index in [9.17, 15) is 0 Å². The van der Waals surface area contributed by atoms with Gasteiger partial charge in [-0.2, -0.15) is 0 Å². The van der Waals surface area contributed by atoms with Gasteiger partial charge in [-0.1, -0.05) is 0 Å². The fourth-order valence-electron chi connectivity index (χ4n) is 4.09. The predicted molar refractivity (Wildman–Crippen MR) is 114 cm³/mol. The lowest BCUT2D eigenvalue weighted by Gasteiger charge is -2.16. The molecule has 0 aliphatic carbocycles. The van der Waals surface area contributed by atoms with E-state index in [1.54, 1.807) is 7.05 Å². The van der Waals surface area contributed by atoms with E-state index < -0.39 is 0 Å². The maximum absolute atomic E-state index is 5.66. The topological polar surface area (TPSA) is 33.0 Å². The van der Waals surface area contributed by atoms with E-state index in [0.29, 0.717) is 0 Å². The summed E-state index contributed by atoms with van der Waals surface area (Å²) in [6.07, 6.45) is 2.06. The van der Waals surface area contributed by atoms with Crippen molar-refractivity contribution < 1.29 is 4.84 Å². The molecule has 5 nitrogen and oxygen atoms in total. The SMILES string of the molecule is CC1=NN(C)O/C1=C\c1cc(C)c2c(c1)c1cc(C)c(N(C)C)cc1n2C. The van der Waals surface area contributed by atoms with Crippen molar-refractivity contribution >= 4 is 39.3 Å². The van der Waals surface area contributed by atoms with Crippen molar-refractivity contribution in [2.45, 2.75) is 20.8 Å². The summed E-state index contributed by atoms with van der Waals surface area (Å²) in [4.78, 5) is 7.84. The predicted octanol–water partition coefficient (Wildman–Crippen LogP) is 4.61. The van der Waals surface area contributed by atoms with Crippen molar-refractivity contribution in [2.75, 3.05) is 26.0 Å². The highest BCUT2D eigenvalue weighted by molar-refractivity contribution is 6.11. The van der Waals surface area contributed by atoms with Crippen LogP contribution in [0.25, 0.3) is 27.9 Å². The molecule has 0 amide bonds. The third kappa shape index (κ3) is 2.74. The van der Waals surface area contributed by atoms with Gasteiger partial charge in [0.05, 0.1) is 18.1 Å². The first-order valence-electron chi connectivity index (χ1n) is 9.16. The highest BCUT2D eigenvalue weighted by Gasteiger charge is 2.17. The lowest BCUT2D eigenvalue weighted by molar-refractivity contribution is -0.0695. The fourth-order valence-corrected chi connectivity index (χ4v) is 4.09. The Kier molecular flexibility index (Phi) is 3.91. The largest absolute Gasteiger partial charge is 0.377 e. The van der Waals surface area contributed by atoms with Crippen molar-refractivity contribution in [3.05, 3.63) is 46.7 Å². The number of hydrazone groups is 1. The van der Waals surface area contributed by atoms with Crippen molar-refractivity contribution in [1.29, 1.82) is 0 Å². The van der Waals surface area contributed by atoms with Crippen LogP contribution in [0.2, 0.25) is 0 Å². The van der Waals surface area contributed by atoms with Crippen LogP contribution in [0.3, 0.4) is 0 Å². The molecule has 0 saturated heterocycles. The molecule has 0 bridgehead atoms. The Hall–Kier alpha value is -2.95. The van der Waals surface area contributed by atoms with Crippen LogP contribution in [0, 0.1) is 13.8 Å². The average Bonchev–Trinajstić information content (AvgIpc) is 3.03. The molecule has 1 aliphatic heterocycles. The molecule has 140 valence electrons. The smallest absolute Gasteiger partial charge is 0.180 e. The summed E-state index contributed by atoms with van der Waals surface area (Å²) in [5.41, 5.74) is 8.33. The Bertz CT molecular complexity index is 1130. The van der Waals surface area contributed by atoms with Gasteiger partial charge in [-0.25, -0.2) is 0 Å². The maximum atomic E-state index is 5.66. The van der Waals surface area contributed by atoms with Crippen LogP contribution in [0.5, 0.6) is 0 Å². The number of rotatable bonds is 2. The minimum absolute atomic E-state index is 0.794. The Morgan fingerprint density at radius 2 is 1.70 bits per heavy atom. The Balaban J connectivity index is 1.97. The van der Waals surface area contributed by atoms with Gasteiger partial charge in [0.15, 0.2) is 5.76 Å². The molecule has 0 saturated carbocycles. The van der Waals surface area contributed by atoms with Crippen LogP contribution in [-0.4, -0.2) is 36.6 Å². The van der Waals surface area contributed by atoms with Crippen LogP contribution in [0.15, 0.2) is 35.1 Å². The van der Waals surface area contributed by atoms with Gasteiger partial charge < -0.3 is 14.3 Å². The quantitative estimate of drug-likeness (QED) is 0.667. The monoisotopic (exact) mass is 362 g/mol. The fraction of sp³-hybridized carbons (Fsp3) is 0.318. The standard InChI is InChI=1S/C22H26N4O/c1-13-9-17-18-10-16(11-21-15(3)23-26(7)27-21)8-14(2)22(18)25(6)20(17)12-19(13)24(4)5/h8-12H,1-7H3/b21-11-. The Morgan fingerprint density at radius 1 is 0.963 bits per heavy atom.